The van der Waals surface area contributed by atoms with Crippen molar-refractivity contribution in [2.45, 2.75) is 26.5 Å². The van der Waals surface area contributed by atoms with Gasteiger partial charge in [-0.3, -0.25) is 14.2 Å². The largest absolute Gasteiger partial charge is 0.493 e. The lowest BCUT2D eigenvalue weighted by molar-refractivity contribution is -0.145. The molecule has 6 heteroatoms. The number of carbonyl (C=O) groups is 1. The molecule has 0 bridgehead atoms. The van der Waals surface area contributed by atoms with Crippen molar-refractivity contribution in [3.05, 3.63) is 70.8 Å². The highest BCUT2D eigenvalue weighted by Gasteiger charge is 2.09. The molecule has 0 saturated carbocycles. The summed E-state index contributed by atoms with van der Waals surface area (Å²) in [5, 5.41) is 0.536. The first kappa shape index (κ1) is 17.7. The molecular formula is C20H20N2O4. The number of hydrogen-bond donors (Lipinski definition) is 0. The fourth-order valence-corrected chi connectivity index (χ4v) is 2.63. The zero-order valence-electron chi connectivity index (χ0n) is 14.6. The topological polar surface area (TPSA) is 70.4 Å². The Morgan fingerprint density at radius 2 is 1.88 bits per heavy atom. The molecule has 1 aromatic heterocycles. The highest BCUT2D eigenvalue weighted by atomic mass is 16.5. The van der Waals surface area contributed by atoms with Gasteiger partial charge in [0.25, 0.3) is 5.56 Å². The number of fused-ring (bicyclic) bond motifs is 1. The molecule has 0 spiro atoms. The van der Waals surface area contributed by atoms with Gasteiger partial charge in [0.2, 0.25) is 0 Å². The van der Waals surface area contributed by atoms with Crippen LogP contribution in [0.2, 0.25) is 0 Å². The number of hydrogen-bond acceptors (Lipinski definition) is 5. The molecule has 134 valence electrons. The minimum atomic E-state index is -0.378. The number of para-hydroxylation sites is 2. The van der Waals surface area contributed by atoms with Gasteiger partial charge in [-0.05, 0) is 25.1 Å². The summed E-state index contributed by atoms with van der Waals surface area (Å²) in [6.45, 7) is 2.81. The normalized spacial score (nSPS) is 10.7. The molecule has 2 aromatic carbocycles. The van der Waals surface area contributed by atoms with Crippen molar-refractivity contribution in [2.75, 3.05) is 6.61 Å². The van der Waals surface area contributed by atoms with Crippen LogP contribution in [0, 0.1) is 0 Å². The number of benzene rings is 2. The summed E-state index contributed by atoms with van der Waals surface area (Å²) < 4.78 is 12.2. The third kappa shape index (κ3) is 4.08. The summed E-state index contributed by atoms with van der Waals surface area (Å²) in [6, 6.07) is 14.6. The van der Waals surface area contributed by atoms with Crippen molar-refractivity contribution in [2.24, 2.45) is 0 Å². The molecule has 6 nitrogen and oxygen atoms in total. The van der Waals surface area contributed by atoms with Crippen molar-refractivity contribution in [3.63, 3.8) is 0 Å². The third-order valence-electron chi connectivity index (χ3n) is 3.95. The summed E-state index contributed by atoms with van der Waals surface area (Å²) in [5.74, 6) is 0.328. The van der Waals surface area contributed by atoms with E-state index in [0.29, 0.717) is 23.3 Å². The van der Waals surface area contributed by atoms with Crippen LogP contribution in [-0.2, 0) is 22.7 Å². The number of rotatable bonds is 7. The first-order valence-corrected chi connectivity index (χ1v) is 8.49. The zero-order chi connectivity index (χ0) is 18.4. The lowest BCUT2D eigenvalue weighted by Crippen LogP contribution is -2.22. The Balaban J connectivity index is 1.60. The van der Waals surface area contributed by atoms with Crippen molar-refractivity contribution in [1.82, 2.24) is 9.55 Å². The summed E-state index contributed by atoms with van der Waals surface area (Å²) in [5.41, 5.74) is 1.29. The van der Waals surface area contributed by atoms with E-state index in [1.807, 2.05) is 37.3 Å². The molecule has 0 N–H and O–H groups in total. The number of aryl methyl sites for hydroxylation is 1. The lowest BCUT2D eigenvalue weighted by atomic mass is 10.2. The van der Waals surface area contributed by atoms with Crippen molar-refractivity contribution in [1.29, 1.82) is 0 Å². The summed E-state index contributed by atoms with van der Waals surface area (Å²) >= 11 is 0. The monoisotopic (exact) mass is 352 g/mol. The van der Waals surface area contributed by atoms with Gasteiger partial charge < -0.3 is 9.47 Å². The van der Waals surface area contributed by atoms with E-state index in [9.17, 15) is 9.59 Å². The molecule has 0 fully saturated rings. The Labute approximate surface area is 151 Å². The third-order valence-corrected chi connectivity index (χ3v) is 3.95. The minimum Gasteiger partial charge on any atom is -0.493 e. The molecule has 0 atom stereocenters. The second-order valence-electron chi connectivity index (χ2n) is 5.71. The molecule has 0 aliphatic carbocycles. The van der Waals surface area contributed by atoms with Gasteiger partial charge in [0, 0.05) is 12.1 Å². The van der Waals surface area contributed by atoms with Crippen molar-refractivity contribution in [3.8, 4) is 5.75 Å². The lowest BCUT2D eigenvalue weighted by Gasteiger charge is -2.11. The van der Waals surface area contributed by atoms with Gasteiger partial charge in [0.1, 0.15) is 12.4 Å². The number of ether oxygens (including phenoxy) is 2. The molecule has 1 heterocycles. The Hall–Kier alpha value is -3.15. The van der Waals surface area contributed by atoms with Crippen LogP contribution in [0.15, 0.2) is 59.7 Å². The van der Waals surface area contributed by atoms with Gasteiger partial charge in [0.05, 0.1) is 30.3 Å². The highest BCUT2D eigenvalue weighted by Crippen LogP contribution is 2.19. The van der Waals surface area contributed by atoms with E-state index in [0.717, 1.165) is 5.56 Å². The molecule has 0 aliphatic heterocycles. The van der Waals surface area contributed by atoms with E-state index < -0.39 is 0 Å². The first-order chi connectivity index (χ1) is 12.7. The summed E-state index contributed by atoms with van der Waals surface area (Å²) in [7, 11) is 0. The predicted octanol–water partition coefficient (Wildman–Crippen LogP) is 2.93. The standard InChI is InChI=1S/C20H20N2O4/c1-2-25-18-10-6-3-7-15(18)13-26-19(23)11-12-22-14-21-17-9-5-4-8-16(17)20(22)24/h3-10,14H,2,11-13H2,1H3. The molecule has 0 saturated heterocycles. The fraction of sp³-hybridized carbons (Fsp3) is 0.250. The average molecular weight is 352 g/mol. The maximum absolute atomic E-state index is 12.4. The van der Waals surface area contributed by atoms with E-state index in [4.69, 9.17) is 9.47 Å². The second-order valence-corrected chi connectivity index (χ2v) is 5.71. The average Bonchev–Trinajstić information content (AvgIpc) is 2.67. The van der Waals surface area contributed by atoms with E-state index in [2.05, 4.69) is 4.98 Å². The van der Waals surface area contributed by atoms with Crippen LogP contribution < -0.4 is 10.3 Å². The molecular weight excluding hydrogens is 332 g/mol. The van der Waals surface area contributed by atoms with E-state index in [1.165, 1.54) is 10.9 Å². The molecule has 0 radical (unpaired) electrons. The fourth-order valence-electron chi connectivity index (χ4n) is 2.63. The molecule has 0 aliphatic rings. The van der Waals surface area contributed by atoms with Gasteiger partial charge >= 0.3 is 5.97 Å². The Kier molecular flexibility index (Phi) is 5.63. The van der Waals surface area contributed by atoms with Crippen LogP contribution in [0.25, 0.3) is 10.9 Å². The van der Waals surface area contributed by atoms with Crippen LogP contribution in [-0.4, -0.2) is 22.1 Å². The van der Waals surface area contributed by atoms with Crippen LogP contribution in [0.1, 0.15) is 18.9 Å². The van der Waals surface area contributed by atoms with Gasteiger partial charge in [-0.25, -0.2) is 4.98 Å². The molecule has 3 rings (SSSR count). The van der Waals surface area contributed by atoms with Gasteiger partial charge in [0.15, 0.2) is 0 Å². The smallest absolute Gasteiger partial charge is 0.307 e. The summed E-state index contributed by atoms with van der Waals surface area (Å²) in [4.78, 5) is 28.7. The molecule has 3 aromatic rings. The van der Waals surface area contributed by atoms with E-state index in [1.54, 1.807) is 18.2 Å². The van der Waals surface area contributed by atoms with Crippen LogP contribution in [0.5, 0.6) is 5.75 Å². The SMILES string of the molecule is CCOc1ccccc1COC(=O)CCn1cnc2ccccc2c1=O. The Bertz CT molecular complexity index is 965. The number of nitrogens with zero attached hydrogens (tertiary/aromatic N) is 2. The van der Waals surface area contributed by atoms with Crippen LogP contribution in [0.3, 0.4) is 0 Å². The first-order valence-electron chi connectivity index (χ1n) is 8.49. The summed E-state index contributed by atoms with van der Waals surface area (Å²) in [6.07, 6.45) is 1.55. The quantitative estimate of drug-likeness (QED) is 0.612. The van der Waals surface area contributed by atoms with E-state index in [-0.39, 0.29) is 31.1 Å². The van der Waals surface area contributed by atoms with Gasteiger partial charge in [-0.15, -0.1) is 0 Å². The van der Waals surface area contributed by atoms with Gasteiger partial charge in [-0.2, -0.15) is 0 Å². The highest BCUT2D eigenvalue weighted by molar-refractivity contribution is 5.77. The Morgan fingerprint density at radius 3 is 2.73 bits per heavy atom. The van der Waals surface area contributed by atoms with Crippen molar-refractivity contribution >= 4 is 16.9 Å². The van der Waals surface area contributed by atoms with Crippen molar-refractivity contribution < 1.29 is 14.3 Å². The van der Waals surface area contributed by atoms with Crippen LogP contribution >= 0.6 is 0 Å². The Morgan fingerprint density at radius 1 is 1.12 bits per heavy atom. The van der Waals surface area contributed by atoms with E-state index >= 15 is 0 Å². The second kappa shape index (κ2) is 8.29. The van der Waals surface area contributed by atoms with Gasteiger partial charge in [-0.1, -0.05) is 30.3 Å². The predicted molar refractivity (Wildman–Crippen MR) is 98.0 cm³/mol. The minimum absolute atomic E-state index is 0.0940. The maximum atomic E-state index is 12.4. The molecule has 0 amide bonds. The number of esters is 1. The molecule has 0 unspecified atom stereocenters. The zero-order valence-corrected chi connectivity index (χ0v) is 14.6. The van der Waals surface area contributed by atoms with Crippen LogP contribution in [0.4, 0.5) is 0 Å². The molecule has 26 heavy (non-hydrogen) atoms. The number of aromatic nitrogens is 2. The maximum Gasteiger partial charge on any atom is 0.307 e. The number of carbonyl (C=O) groups excluding carboxylic acids is 1.